The number of rotatable bonds is 7. The number of hydrogen-bond donors (Lipinski definition) is 2. The van der Waals surface area contributed by atoms with Crippen LogP contribution in [0.3, 0.4) is 0 Å². The average Bonchev–Trinajstić information content (AvgIpc) is 2.42. The highest BCUT2D eigenvalue weighted by Crippen LogP contribution is 2.31. The highest BCUT2D eigenvalue weighted by atomic mass is 16.6. The Kier molecular flexibility index (Phi) is 5.39. The molecule has 104 valence electrons. The van der Waals surface area contributed by atoms with E-state index in [2.05, 4.69) is 5.16 Å². The minimum Gasteiger partial charge on any atom is -0.493 e. The molecule has 0 radical (unpaired) electrons. The SMILES string of the molecule is COc1cc([N+](=O)[O-])ccc1OCCC/C(N)=N/O. The zero-order chi connectivity index (χ0) is 14.3. The van der Waals surface area contributed by atoms with Crippen LogP contribution in [0.4, 0.5) is 5.69 Å². The van der Waals surface area contributed by atoms with Crippen molar-refractivity contribution in [2.45, 2.75) is 12.8 Å². The standard InChI is InChI=1S/C11H15N3O5/c1-18-10-7-8(14(16)17)4-5-9(10)19-6-2-3-11(12)13-15/h4-5,7,15H,2-3,6H2,1H3,(H2,12,13). The van der Waals surface area contributed by atoms with Gasteiger partial charge in [-0.1, -0.05) is 5.16 Å². The van der Waals surface area contributed by atoms with Crippen molar-refractivity contribution in [1.29, 1.82) is 0 Å². The van der Waals surface area contributed by atoms with E-state index < -0.39 is 4.92 Å². The number of hydrogen-bond acceptors (Lipinski definition) is 6. The van der Waals surface area contributed by atoms with Crippen molar-refractivity contribution < 1.29 is 19.6 Å². The molecule has 3 N–H and O–H groups in total. The van der Waals surface area contributed by atoms with Crippen LogP contribution in [0, 0.1) is 10.1 Å². The molecule has 0 saturated carbocycles. The zero-order valence-corrected chi connectivity index (χ0v) is 10.4. The molecule has 0 unspecified atom stereocenters. The molecule has 0 amide bonds. The monoisotopic (exact) mass is 269 g/mol. The second-order valence-corrected chi connectivity index (χ2v) is 3.64. The van der Waals surface area contributed by atoms with Gasteiger partial charge in [-0.25, -0.2) is 0 Å². The number of nitro benzene ring substituents is 1. The number of methoxy groups -OCH3 is 1. The van der Waals surface area contributed by atoms with Crippen molar-refractivity contribution in [3.05, 3.63) is 28.3 Å². The minimum atomic E-state index is -0.509. The van der Waals surface area contributed by atoms with Crippen LogP contribution in [0.5, 0.6) is 11.5 Å². The fourth-order valence-corrected chi connectivity index (χ4v) is 1.37. The summed E-state index contributed by atoms with van der Waals surface area (Å²) in [5.74, 6) is 0.824. The minimum absolute atomic E-state index is 0.0686. The molecule has 1 rings (SSSR count). The smallest absolute Gasteiger partial charge is 0.273 e. The third kappa shape index (κ3) is 4.34. The van der Waals surface area contributed by atoms with Gasteiger partial charge in [0.05, 0.1) is 24.7 Å². The number of oxime groups is 1. The Labute approximate surface area is 109 Å². The zero-order valence-electron chi connectivity index (χ0n) is 10.4. The van der Waals surface area contributed by atoms with Crippen LogP contribution in [-0.2, 0) is 0 Å². The van der Waals surface area contributed by atoms with Crippen LogP contribution in [0.15, 0.2) is 23.4 Å². The molecule has 0 spiro atoms. The van der Waals surface area contributed by atoms with Gasteiger partial charge >= 0.3 is 0 Å². The summed E-state index contributed by atoms with van der Waals surface area (Å²) in [6.45, 7) is 0.324. The lowest BCUT2D eigenvalue weighted by molar-refractivity contribution is -0.384. The molecule has 0 saturated heterocycles. The number of nitro groups is 1. The lowest BCUT2D eigenvalue weighted by atomic mass is 10.2. The van der Waals surface area contributed by atoms with Crippen molar-refractivity contribution in [1.82, 2.24) is 0 Å². The summed E-state index contributed by atoms with van der Waals surface area (Å²) in [5.41, 5.74) is 5.24. The average molecular weight is 269 g/mol. The quantitative estimate of drug-likeness (QED) is 0.193. The summed E-state index contributed by atoms with van der Waals surface area (Å²) >= 11 is 0. The molecule has 0 fully saturated rings. The highest BCUT2D eigenvalue weighted by Gasteiger charge is 2.12. The molecule has 0 aliphatic heterocycles. The maximum Gasteiger partial charge on any atom is 0.273 e. The van der Waals surface area contributed by atoms with Gasteiger partial charge in [-0.05, 0) is 12.5 Å². The van der Waals surface area contributed by atoms with E-state index in [1.807, 2.05) is 0 Å². The van der Waals surface area contributed by atoms with E-state index in [4.69, 9.17) is 20.4 Å². The van der Waals surface area contributed by atoms with E-state index >= 15 is 0 Å². The van der Waals surface area contributed by atoms with Crippen LogP contribution >= 0.6 is 0 Å². The fraction of sp³-hybridized carbons (Fsp3) is 0.364. The Bertz CT molecular complexity index is 475. The summed E-state index contributed by atoms with van der Waals surface area (Å²) < 4.78 is 10.4. The molecule has 0 bridgehead atoms. The molecule has 19 heavy (non-hydrogen) atoms. The van der Waals surface area contributed by atoms with Gasteiger partial charge in [-0.3, -0.25) is 10.1 Å². The number of non-ortho nitro benzene ring substituents is 1. The van der Waals surface area contributed by atoms with Gasteiger partial charge in [-0.15, -0.1) is 0 Å². The number of benzene rings is 1. The number of nitrogens with two attached hydrogens (primary N) is 1. The summed E-state index contributed by atoms with van der Waals surface area (Å²) in [6, 6.07) is 4.10. The van der Waals surface area contributed by atoms with Gasteiger partial charge in [0, 0.05) is 12.5 Å². The van der Waals surface area contributed by atoms with Crippen LogP contribution in [0.25, 0.3) is 0 Å². The first kappa shape index (κ1) is 14.6. The molecule has 1 aromatic carbocycles. The van der Waals surface area contributed by atoms with Crippen molar-refractivity contribution in [3.8, 4) is 11.5 Å². The van der Waals surface area contributed by atoms with Crippen LogP contribution < -0.4 is 15.2 Å². The predicted octanol–water partition coefficient (Wildman–Crippen LogP) is 1.51. The van der Waals surface area contributed by atoms with E-state index in [0.717, 1.165) is 0 Å². The maximum atomic E-state index is 10.6. The largest absolute Gasteiger partial charge is 0.493 e. The van der Waals surface area contributed by atoms with Gasteiger partial charge in [0.1, 0.15) is 5.84 Å². The van der Waals surface area contributed by atoms with Gasteiger partial charge in [0.15, 0.2) is 11.5 Å². The Morgan fingerprint density at radius 2 is 2.26 bits per heavy atom. The highest BCUT2D eigenvalue weighted by molar-refractivity contribution is 5.79. The summed E-state index contributed by atoms with van der Waals surface area (Å²) in [4.78, 5) is 10.1. The Balaban J connectivity index is 2.61. The molecule has 0 atom stereocenters. The molecule has 0 aliphatic carbocycles. The van der Waals surface area contributed by atoms with Gasteiger partial charge in [0.2, 0.25) is 0 Å². The normalized spacial score (nSPS) is 11.1. The number of amidine groups is 1. The number of ether oxygens (including phenoxy) is 2. The molecular formula is C11H15N3O5. The Morgan fingerprint density at radius 3 is 2.84 bits per heavy atom. The lowest BCUT2D eigenvalue weighted by Gasteiger charge is -2.10. The molecule has 8 heteroatoms. The summed E-state index contributed by atoms with van der Waals surface area (Å²) in [6.07, 6.45) is 0.946. The van der Waals surface area contributed by atoms with E-state index in [0.29, 0.717) is 25.2 Å². The summed E-state index contributed by atoms with van der Waals surface area (Å²) in [5, 5.41) is 21.8. The van der Waals surface area contributed by atoms with E-state index in [-0.39, 0.29) is 17.3 Å². The van der Waals surface area contributed by atoms with Crippen LogP contribution in [0.1, 0.15) is 12.8 Å². The number of nitrogens with zero attached hydrogens (tertiary/aromatic N) is 2. The molecule has 0 heterocycles. The second-order valence-electron chi connectivity index (χ2n) is 3.64. The third-order valence-corrected chi connectivity index (χ3v) is 2.32. The molecule has 8 nitrogen and oxygen atoms in total. The fourth-order valence-electron chi connectivity index (χ4n) is 1.37. The topological polar surface area (TPSA) is 120 Å². The third-order valence-electron chi connectivity index (χ3n) is 2.32. The first-order valence-electron chi connectivity index (χ1n) is 5.50. The lowest BCUT2D eigenvalue weighted by Crippen LogP contribution is -2.12. The van der Waals surface area contributed by atoms with Crippen molar-refractivity contribution in [2.24, 2.45) is 10.9 Å². The van der Waals surface area contributed by atoms with Crippen LogP contribution in [-0.4, -0.2) is 29.7 Å². The Morgan fingerprint density at radius 1 is 1.53 bits per heavy atom. The molecular weight excluding hydrogens is 254 g/mol. The molecule has 0 aromatic heterocycles. The van der Waals surface area contributed by atoms with E-state index in [1.54, 1.807) is 0 Å². The van der Waals surface area contributed by atoms with Crippen LogP contribution in [0.2, 0.25) is 0 Å². The first-order valence-corrected chi connectivity index (χ1v) is 5.50. The van der Waals surface area contributed by atoms with Crippen molar-refractivity contribution in [2.75, 3.05) is 13.7 Å². The van der Waals surface area contributed by atoms with Gasteiger partial charge < -0.3 is 20.4 Å². The predicted molar refractivity (Wildman–Crippen MR) is 67.8 cm³/mol. The molecule has 1 aromatic rings. The second kappa shape index (κ2) is 7.04. The van der Waals surface area contributed by atoms with Crippen molar-refractivity contribution >= 4 is 11.5 Å². The van der Waals surface area contributed by atoms with E-state index in [1.165, 1.54) is 25.3 Å². The van der Waals surface area contributed by atoms with Gasteiger partial charge in [-0.2, -0.15) is 0 Å². The molecule has 0 aliphatic rings. The van der Waals surface area contributed by atoms with E-state index in [9.17, 15) is 10.1 Å². The van der Waals surface area contributed by atoms with Crippen molar-refractivity contribution in [3.63, 3.8) is 0 Å². The summed E-state index contributed by atoms with van der Waals surface area (Å²) in [7, 11) is 1.41. The van der Waals surface area contributed by atoms with Gasteiger partial charge in [0.25, 0.3) is 5.69 Å². The Hall–Kier alpha value is -2.51. The first-order chi connectivity index (χ1) is 9.08. The maximum absolute atomic E-state index is 10.6.